The smallest absolute Gasteiger partial charge is 0.410 e. The summed E-state index contributed by atoms with van der Waals surface area (Å²) in [6.45, 7) is 1.72. The molecule has 156 valence electrons. The number of carbonyl (C=O) groups is 2. The third-order valence-electron chi connectivity index (χ3n) is 5.40. The van der Waals surface area contributed by atoms with E-state index in [2.05, 4.69) is 0 Å². The maximum atomic E-state index is 12.7. The van der Waals surface area contributed by atoms with Crippen LogP contribution in [0, 0.1) is 0 Å². The van der Waals surface area contributed by atoms with Gasteiger partial charge in [-0.15, -0.1) is 12.4 Å². The summed E-state index contributed by atoms with van der Waals surface area (Å²) in [5, 5.41) is 0. The largest absolute Gasteiger partial charge is 0.493 e. The van der Waals surface area contributed by atoms with Crippen LogP contribution in [0.5, 0.6) is 11.5 Å². The molecule has 3 rings (SSSR count). The minimum absolute atomic E-state index is 0. The Bertz CT molecular complexity index is 722. The van der Waals surface area contributed by atoms with Crippen LogP contribution in [0.4, 0.5) is 4.79 Å². The highest BCUT2D eigenvalue weighted by Gasteiger charge is 2.46. The predicted molar refractivity (Wildman–Crippen MR) is 106 cm³/mol. The Morgan fingerprint density at radius 2 is 1.89 bits per heavy atom. The SMILES string of the molecule is COc1ccc(C(N)CC(=O)N2CCC3(CC2)CN(C)C(=O)O3)cc1OC.Cl. The highest BCUT2D eigenvalue weighted by atomic mass is 35.5. The predicted octanol–water partition coefficient (Wildman–Crippen LogP) is 1.96. The third kappa shape index (κ3) is 4.44. The van der Waals surface area contributed by atoms with Crippen molar-refractivity contribution in [3.8, 4) is 11.5 Å². The van der Waals surface area contributed by atoms with Crippen LogP contribution in [0.15, 0.2) is 18.2 Å². The number of piperidine rings is 1. The molecule has 2 saturated heterocycles. The lowest BCUT2D eigenvalue weighted by molar-refractivity contribution is -0.135. The van der Waals surface area contributed by atoms with Gasteiger partial charge in [0, 0.05) is 45.4 Å². The van der Waals surface area contributed by atoms with E-state index in [9.17, 15) is 9.59 Å². The maximum Gasteiger partial charge on any atom is 0.410 e. The van der Waals surface area contributed by atoms with Gasteiger partial charge in [-0.25, -0.2) is 4.79 Å². The molecule has 0 aromatic heterocycles. The lowest BCUT2D eigenvalue weighted by Gasteiger charge is -2.37. The second-order valence-corrected chi connectivity index (χ2v) is 7.21. The summed E-state index contributed by atoms with van der Waals surface area (Å²) in [5.41, 5.74) is 6.62. The molecule has 2 N–H and O–H groups in total. The van der Waals surface area contributed by atoms with Gasteiger partial charge in [-0.3, -0.25) is 4.79 Å². The fourth-order valence-electron chi connectivity index (χ4n) is 3.73. The van der Waals surface area contributed by atoms with Crippen molar-refractivity contribution in [3.05, 3.63) is 23.8 Å². The summed E-state index contributed by atoms with van der Waals surface area (Å²) in [4.78, 5) is 27.7. The van der Waals surface area contributed by atoms with Gasteiger partial charge >= 0.3 is 6.09 Å². The van der Waals surface area contributed by atoms with E-state index in [-0.39, 0.29) is 30.8 Å². The quantitative estimate of drug-likeness (QED) is 0.792. The second kappa shape index (κ2) is 8.87. The number of likely N-dealkylation sites (tertiary alicyclic amines) is 1. The number of amides is 2. The van der Waals surface area contributed by atoms with Crippen molar-refractivity contribution in [1.29, 1.82) is 0 Å². The zero-order valence-electron chi connectivity index (χ0n) is 16.5. The molecule has 2 heterocycles. The van der Waals surface area contributed by atoms with Crippen molar-refractivity contribution >= 4 is 24.4 Å². The Morgan fingerprint density at radius 3 is 2.43 bits per heavy atom. The van der Waals surface area contributed by atoms with Crippen LogP contribution in [-0.4, -0.2) is 68.3 Å². The number of ether oxygens (including phenoxy) is 3. The highest BCUT2D eigenvalue weighted by Crippen LogP contribution is 2.34. The van der Waals surface area contributed by atoms with Crippen LogP contribution >= 0.6 is 12.4 Å². The van der Waals surface area contributed by atoms with E-state index in [4.69, 9.17) is 19.9 Å². The molecular formula is C19H28ClN3O5. The van der Waals surface area contributed by atoms with Gasteiger partial charge in [0.1, 0.15) is 5.60 Å². The first-order valence-electron chi connectivity index (χ1n) is 9.07. The Balaban J connectivity index is 0.00000280. The van der Waals surface area contributed by atoms with Crippen LogP contribution in [0.2, 0.25) is 0 Å². The Morgan fingerprint density at radius 1 is 1.25 bits per heavy atom. The van der Waals surface area contributed by atoms with Crippen molar-refractivity contribution in [1.82, 2.24) is 9.80 Å². The molecule has 8 nitrogen and oxygen atoms in total. The molecule has 0 saturated carbocycles. The van der Waals surface area contributed by atoms with Gasteiger partial charge in [-0.1, -0.05) is 6.07 Å². The average molecular weight is 414 g/mol. The molecule has 0 radical (unpaired) electrons. The van der Waals surface area contributed by atoms with Crippen molar-refractivity contribution in [2.45, 2.75) is 30.9 Å². The van der Waals surface area contributed by atoms with Gasteiger partial charge in [-0.05, 0) is 17.7 Å². The van der Waals surface area contributed by atoms with Crippen molar-refractivity contribution in [3.63, 3.8) is 0 Å². The second-order valence-electron chi connectivity index (χ2n) is 7.21. The molecule has 0 bridgehead atoms. The molecule has 0 aliphatic carbocycles. The van der Waals surface area contributed by atoms with Gasteiger partial charge in [0.05, 0.1) is 20.8 Å². The minimum atomic E-state index is -0.450. The lowest BCUT2D eigenvalue weighted by atomic mass is 9.91. The topological polar surface area (TPSA) is 94.3 Å². The third-order valence-corrected chi connectivity index (χ3v) is 5.40. The first-order valence-corrected chi connectivity index (χ1v) is 9.07. The summed E-state index contributed by atoms with van der Waals surface area (Å²) in [5.74, 6) is 1.21. The molecule has 28 heavy (non-hydrogen) atoms. The van der Waals surface area contributed by atoms with E-state index in [1.807, 2.05) is 6.07 Å². The Kier molecular flexibility index (Phi) is 7.01. The number of methoxy groups -OCH3 is 2. The number of rotatable bonds is 5. The van der Waals surface area contributed by atoms with Crippen LogP contribution in [-0.2, 0) is 9.53 Å². The van der Waals surface area contributed by atoms with Gasteiger partial charge in [-0.2, -0.15) is 0 Å². The number of nitrogens with two attached hydrogens (primary N) is 1. The average Bonchev–Trinajstić information content (AvgIpc) is 2.94. The van der Waals surface area contributed by atoms with Crippen LogP contribution in [0.3, 0.4) is 0 Å². The first kappa shape index (κ1) is 22.1. The number of hydrogen-bond acceptors (Lipinski definition) is 6. The number of nitrogens with zero attached hydrogens (tertiary/aromatic N) is 2. The van der Waals surface area contributed by atoms with Crippen molar-refractivity contribution < 1.29 is 23.8 Å². The highest BCUT2D eigenvalue weighted by molar-refractivity contribution is 5.85. The Hall–Kier alpha value is -2.19. The van der Waals surface area contributed by atoms with E-state index in [1.54, 1.807) is 43.2 Å². The van der Waals surface area contributed by atoms with E-state index in [0.29, 0.717) is 44.0 Å². The molecule has 2 fully saturated rings. The van der Waals surface area contributed by atoms with Crippen LogP contribution < -0.4 is 15.2 Å². The number of carbonyl (C=O) groups excluding carboxylic acids is 2. The molecule has 1 aromatic rings. The van der Waals surface area contributed by atoms with Gasteiger partial charge < -0.3 is 29.7 Å². The lowest BCUT2D eigenvalue weighted by Crippen LogP contribution is -2.49. The zero-order valence-corrected chi connectivity index (χ0v) is 17.3. The monoisotopic (exact) mass is 413 g/mol. The number of hydrogen-bond donors (Lipinski definition) is 1. The number of likely N-dealkylation sites (N-methyl/N-ethyl adjacent to an activating group) is 1. The number of halogens is 1. The molecule has 1 unspecified atom stereocenters. The summed E-state index contributed by atoms with van der Waals surface area (Å²) >= 11 is 0. The normalized spacial score (nSPS) is 19.1. The van der Waals surface area contributed by atoms with Gasteiger partial charge in [0.25, 0.3) is 0 Å². The molecule has 1 atom stereocenters. The van der Waals surface area contributed by atoms with E-state index in [1.165, 1.54) is 0 Å². The molecular weight excluding hydrogens is 386 g/mol. The summed E-state index contributed by atoms with van der Waals surface area (Å²) in [6.07, 6.45) is 1.23. The van der Waals surface area contributed by atoms with E-state index < -0.39 is 11.6 Å². The van der Waals surface area contributed by atoms with E-state index in [0.717, 1.165) is 5.56 Å². The van der Waals surface area contributed by atoms with Gasteiger partial charge in [0.15, 0.2) is 11.5 Å². The molecule has 1 aromatic carbocycles. The standard InChI is InChI=1S/C19H27N3O5.ClH/c1-21-12-19(27-18(21)24)6-8-22(9-7-19)17(23)11-14(20)13-4-5-15(25-2)16(10-13)26-3;/h4-5,10,14H,6-9,11-12,20H2,1-3H3;1H. The summed E-state index contributed by atoms with van der Waals surface area (Å²) < 4.78 is 16.1. The maximum absolute atomic E-state index is 12.7. The fourth-order valence-corrected chi connectivity index (χ4v) is 3.73. The summed E-state index contributed by atoms with van der Waals surface area (Å²) in [6, 6.07) is 5.01. The van der Waals surface area contributed by atoms with Crippen molar-refractivity contribution in [2.24, 2.45) is 5.73 Å². The molecule has 9 heteroatoms. The van der Waals surface area contributed by atoms with Crippen LogP contribution in [0.25, 0.3) is 0 Å². The molecule has 2 aliphatic heterocycles. The molecule has 1 spiro atoms. The first-order chi connectivity index (χ1) is 12.9. The van der Waals surface area contributed by atoms with Crippen molar-refractivity contribution in [2.75, 3.05) is 40.9 Å². The molecule has 2 amide bonds. The molecule has 2 aliphatic rings. The summed E-state index contributed by atoms with van der Waals surface area (Å²) in [7, 11) is 4.87. The Labute approximate surface area is 171 Å². The number of benzene rings is 1. The zero-order chi connectivity index (χ0) is 19.6. The van der Waals surface area contributed by atoms with Gasteiger partial charge in [0.2, 0.25) is 5.91 Å². The fraction of sp³-hybridized carbons (Fsp3) is 0.579. The minimum Gasteiger partial charge on any atom is -0.493 e. The van der Waals surface area contributed by atoms with Crippen LogP contribution in [0.1, 0.15) is 30.9 Å². The van der Waals surface area contributed by atoms with E-state index >= 15 is 0 Å².